The zero-order valence-corrected chi connectivity index (χ0v) is 14.5. The van der Waals surface area contributed by atoms with Crippen molar-refractivity contribution in [3.8, 4) is 0 Å². The van der Waals surface area contributed by atoms with Crippen molar-refractivity contribution >= 4 is 5.91 Å². The smallest absolute Gasteiger partial charge is 0.234 e. The SMILES string of the molecule is CCC1CCC(CN)(N(C)CC(=O)NCCC(C)C)CC1. The third-order valence-corrected chi connectivity index (χ3v) is 5.23. The Morgan fingerprint density at radius 1 is 1.38 bits per heavy atom. The van der Waals surface area contributed by atoms with Crippen LogP contribution in [0.1, 0.15) is 59.3 Å². The van der Waals surface area contributed by atoms with Crippen molar-refractivity contribution < 1.29 is 4.79 Å². The first-order chi connectivity index (χ1) is 9.93. The van der Waals surface area contributed by atoms with E-state index in [1.54, 1.807) is 0 Å². The molecule has 4 nitrogen and oxygen atoms in total. The quantitative estimate of drug-likeness (QED) is 0.723. The molecule has 0 atom stereocenters. The molecule has 1 aliphatic rings. The number of likely N-dealkylation sites (N-methyl/N-ethyl adjacent to an activating group) is 1. The number of rotatable bonds is 8. The van der Waals surface area contributed by atoms with Gasteiger partial charge in [-0.25, -0.2) is 0 Å². The maximum Gasteiger partial charge on any atom is 0.234 e. The Hall–Kier alpha value is -0.610. The molecule has 1 amide bonds. The second-order valence-corrected chi connectivity index (χ2v) is 7.17. The fourth-order valence-corrected chi connectivity index (χ4v) is 3.30. The van der Waals surface area contributed by atoms with E-state index in [1.807, 2.05) is 0 Å². The predicted molar refractivity (Wildman–Crippen MR) is 89.1 cm³/mol. The van der Waals surface area contributed by atoms with Crippen molar-refractivity contribution in [2.24, 2.45) is 17.6 Å². The summed E-state index contributed by atoms with van der Waals surface area (Å²) in [7, 11) is 2.06. The van der Waals surface area contributed by atoms with Gasteiger partial charge in [-0.3, -0.25) is 9.69 Å². The largest absolute Gasteiger partial charge is 0.355 e. The maximum absolute atomic E-state index is 12.1. The molecule has 1 saturated carbocycles. The molecule has 1 fully saturated rings. The molecule has 0 bridgehead atoms. The summed E-state index contributed by atoms with van der Waals surface area (Å²) < 4.78 is 0. The lowest BCUT2D eigenvalue weighted by atomic mass is 9.74. The van der Waals surface area contributed by atoms with Crippen LogP contribution in [0.4, 0.5) is 0 Å². The third-order valence-electron chi connectivity index (χ3n) is 5.23. The number of nitrogens with zero attached hydrogens (tertiary/aromatic N) is 1. The Labute approximate surface area is 130 Å². The molecule has 124 valence electrons. The van der Waals surface area contributed by atoms with Crippen molar-refractivity contribution in [2.45, 2.75) is 64.8 Å². The van der Waals surface area contributed by atoms with E-state index in [2.05, 4.69) is 38.0 Å². The highest BCUT2D eigenvalue weighted by molar-refractivity contribution is 5.78. The summed E-state index contributed by atoms with van der Waals surface area (Å²) >= 11 is 0. The van der Waals surface area contributed by atoms with Crippen molar-refractivity contribution in [3.05, 3.63) is 0 Å². The summed E-state index contributed by atoms with van der Waals surface area (Å²) in [5.74, 6) is 1.60. The molecule has 0 unspecified atom stereocenters. The summed E-state index contributed by atoms with van der Waals surface area (Å²) in [4.78, 5) is 14.3. The Morgan fingerprint density at radius 3 is 2.48 bits per heavy atom. The zero-order chi connectivity index (χ0) is 15.9. The van der Waals surface area contributed by atoms with Gasteiger partial charge < -0.3 is 11.1 Å². The number of nitrogens with two attached hydrogens (primary N) is 1. The van der Waals surface area contributed by atoms with Crippen LogP contribution in [0.25, 0.3) is 0 Å². The van der Waals surface area contributed by atoms with Gasteiger partial charge in [-0.1, -0.05) is 27.2 Å². The topological polar surface area (TPSA) is 58.4 Å². The molecular weight excluding hydrogens is 262 g/mol. The Balaban J connectivity index is 2.44. The molecule has 0 saturated heterocycles. The lowest BCUT2D eigenvalue weighted by molar-refractivity contribution is -0.123. The Morgan fingerprint density at radius 2 is 2.00 bits per heavy atom. The summed E-state index contributed by atoms with van der Waals surface area (Å²) in [6.07, 6.45) is 7.03. The van der Waals surface area contributed by atoms with Gasteiger partial charge in [0.25, 0.3) is 0 Å². The second-order valence-electron chi connectivity index (χ2n) is 7.17. The highest BCUT2D eigenvalue weighted by atomic mass is 16.2. The third kappa shape index (κ3) is 5.59. The van der Waals surface area contributed by atoms with E-state index in [-0.39, 0.29) is 11.4 Å². The lowest BCUT2D eigenvalue weighted by Gasteiger charge is -2.45. The number of carbonyl (C=O) groups excluding carboxylic acids is 1. The fraction of sp³-hybridized carbons (Fsp3) is 0.941. The van der Waals surface area contributed by atoms with Crippen molar-refractivity contribution in [2.75, 3.05) is 26.7 Å². The van der Waals surface area contributed by atoms with Gasteiger partial charge in [-0.05, 0) is 51.0 Å². The number of amides is 1. The van der Waals surface area contributed by atoms with Gasteiger partial charge in [-0.2, -0.15) is 0 Å². The molecule has 0 heterocycles. The zero-order valence-electron chi connectivity index (χ0n) is 14.5. The van der Waals surface area contributed by atoms with Gasteiger partial charge in [0.05, 0.1) is 6.54 Å². The number of hydrogen-bond acceptors (Lipinski definition) is 3. The monoisotopic (exact) mass is 297 g/mol. The molecule has 0 aromatic heterocycles. The first kappa shape index (κ1) is 18.4. The van der Waals surface area contributed by atoms with Crippen LogP contribution >= 0.6 is 0 Å². The highest BCUT2D eigenvalue weighted by Gasteiger charge is 2.37. The van der Waals surface area contributed by atoms with Gasteiger partial charge in [0.15, 0.2) is 0 Å². The van der Waals surface area contributed by atoms with Crippen LogP contribution in [0, 0.1) is 11.8 Å². The maximum atomic E-state index is 12.1. The number of hydrogen-bond donors (Lipinski definition) is 2. The van der Waals surface area contributed by atoms with Crippen LogP contribution in [0.3, 0.4) is 0 Å². The Bertz CT molecular complexity index is 309. The summed E-state index contributed by atoms with van der Waals surface area (Å²) in [6.45, 7) is 8.51. The first-order valence-electron chi connectivity index (χ1n) is 8.61. The minimum absolute atomic E-state index is 0.0288. The molecule has 0 aromatic rings. The standard InChI is InChI=1S/C17H35N3O/c1-5-15-6-9-17(13-18,10-7-15)20(4)12-16(21)19-11-8-14(2)3/h14-15H,5-13,18H2,1-4H3,(H,19,21). The first-order valence-corrected chi connectivity index (χ1v) is 8.61. The highest BCUT2D eigenvalue weighted by Crippen LogP contribution is 2.36. The lowest BCUT2D eigenvalue weighted by Crippen LogP contribution is -2.56. The van der Waals surface area contributed by atoms with E-state index >= 15 is 0 Å². The van der Waals surface area contributed by atoms with Crippen LogP contribution in [0.2, 0.25) is 0 Å². The van der Waals surface area contributed by atoms with E-state index in [1.165, 1.54) is 19.3 Å². The summed E-state index contributed by atoms with van der Waals surface area (Å²) in [6, 6.07) is 0. The van der Waals surface area contributed by atoms with Gasteiger partial charge in [0.1, 0.15) is 0 Å². The second kappa shape index (κ2) is 8.74. The van der Waals surface area contributed by atoms with Gasteiger partial charge in [0, 0.05) is 18.6 Å². The summed E-state index contributed by atoms with van der Waals surface area (Å²) in [5, 5.41) is 3.02. The molecule has 1 aliphatic carbocycles. The number of nitrogens with one attached hydrogen (secondary N) is 1. The average molecular weight is 297 g/mol. The van der Waals surface area contributed by atoms with Crippen molar-refractivity contribution in [1.29, 1.82) is 0 Å². The van der Waals surface area contributed by atoms with Crippen LogP contribution in [0.15, 0.2) is 0 Å². The fourth-order valence-electron chi connectivity index (χ4n) is 3.30. The normalized spacial score (nSPS) is 26.3. The average Bonchev–Trinajstić information content (AvgIpc) is 2.46. The van der Waals surface area contributed by atoms with Crippen LogP contribution in [-0.2, 0) is 4.79 Å². The molecule has 4 heteroatoms. The van der Waals surface area contributed by atoms with Gasteiger partial charge >= 0.3 is 0 Å². The van der Waals surface area contributed by atoms with Crippen LogP contribution in [-0.4, -0.2) is 43.0 Å². The van der Waals surface area contributed by atoms with Gasteiger partial charge in [0.2, 0.25) is 5.91 Å². The van der Waals surface area contributed by atoms with Gasteiger partial charge in [-0.15, -0.1) is 0 Å². The molecular formula is C17H35N3O. The molecule has 0 aliphatic heterocycles. The van der Waals surface area contributed by atoms with E-state index in [4.69, 9.17) is 5.73 Å². The molecule has 1 rings (SSSR count). The minimum atomic E-state index is 0.0288. The van der Waals surface area contributed by atoms with Crippen molar-refractivity contribution in [3.63, 3.8) is 0 Å². The molecule has 0 spiro atoms. The Kier molecular flexibility index (Phi) is 7.67. The van der Waals surface area contributed by atoms with Crippen LogP contribution < -0.4 is 11.1 Å². The molecule has 21 heavy (non-hydrogen) atoms. The predicted octanol–water partition coefficient (Wildman–Crippen LogP) is 2.38. The molecule has 3 N–H and O–H groups in total. The molecule has 0 radical (unpaired) electrons. The minimum Gasteiger partial charge on any atom is -0.355 e. The summed E-state index contributed by atoms with van der Waals surface area (Å²) in [5.41, 5.74) is 6.10. The number of carbonyl (C=O) groups is 1. The molecule has 0 aromatic carbocycles. The van der Waals surface area contributed by atoms with E-state index in [9.17, 15) is 4.79 Å². The van der Waals surface area contributed by atoms with Crippen LogP contribution in [0.5, 0.6) is 0 Å². The van der Waals surface area contributed by atoms with E-state index in [0.29, 0.717) is 19.0 Å². The van der Waals surface area contributed by atoms with E-state index < -0.39 is 0 Å². The van der Waals surface area contributed by atoms with Crippen molar-refractivity contribution in [1.82, 2.24) is 10.2 Å². The van der Waals surface area contributed by atoms with E-state index in [0.717, 1.165) is 31.7 Å².